The largest absolute Gasteiger partial charge is 0.354 e. The van der Waals surface area contributed by atoms with Crippen LogP contribution in [0.4, 0.5) is 15.8 Å². The molecule has 1 aromatic carbocycles. The third-order valence-electron chi connectivity index (χ3n) is 5.75. The van der Waals surface area contributed by atoms with Gasteiger partial charge in [-0.15, -0.1) is 0 Å². The number of nitrogens with zero attached hydrogens (tertiary/aromatic N) is 5. The molecule has 3 aromatic heterocycles. The van der Waals surface area contributed by atoms with Crippen molar-refractivity contribution < 1.29 is 9.18 Å². The van der Waals surface area contributed by atoms with Crippen molar-refractivity contribution in [2.45, 2.75) is 25.2 Å². The summed E-state index contributed by atoms with van der Waals surface area (Å²) in [6.07, 6.45) is 7.36. The molecule has 4 aromatic rings. The summed E-state index contributed by atoms with van der Waals surface area (Å²) in [5.74, 6) is 0.862. The second-order valence-electron chi connectivity index (χ2n) is 8.02. The van der Waals surface area contributed by atoms with Crippen molar-refractivity contribution >= 4 is 22.9 Å². The maximum Gasteiger partial charge on any atom is 0.227 e. The second-order valence-corrected chi connectivity index (χ2v) is 8.02. The summed E-state index contributed by atoms with van der Waals surface area (Å²) < 4.78 is 15.2. The second kappa shape index (κ2) is 8.74. The first kappa shape index (κ1) is 20.1. The van der Waals surface area contributed by atoms with E-state index < -0.39 is 0 Å². The summed E-state index contributed by atoms with van der Waals surface area (Å²) in [7, 11) is 0. The highest BCUT2D eigenvalue weighted by molar-refractivity contribution is 5.78. The number of carbonyl (C=O) groups excluding carboxylic acids is 1. The fourth-order valence-corrected chi connectivity index (χ4v) is 4.06. The molecule has 1 aliphatic heterocycles. The van der Waals surface area contributed by atoms with E-state index in [0.717, 1.165) is 35.6 Å². The molecular weight excluding hydrogens is 407 g/mol. The quantitative estimate of drug-likeness (QED) is 0.519. The van der Waals surface area contributed by atoms with Crippen molar-refractivity contribution in [2.75, 3.05) is 18.4 Å². The summed E-state index contributed by atoms with van der Waals surface area (Å²) in [5, 5.41) is 7.86. The Balaban J connectivity index is 1.23. The summed E-state index contributed by atoms with van der Waals surface area (Å²) in [5.41, 5.74) is 3.17. The molecule has 4 heterocycles. The van der Waals surface area contributed by atoms with E-state index in [1.54, 1.807) is 23.0 Å². The Morgan fingerprint density at radius 2 is 1.97 bits per heavy atom. The lowest BCUT2D eigenvalue weighted by Gasteiger charge is -2.30. The van der Waals surface area contributed by atoms with Gasteiger partial charge < -0.3 is 10.2 Å². The SMILES string of the molecule is O=C(Cc1cccnc1)N1CCC(c2nc3ccc(Nc4cccc(F)c4)cn3n2)CC1. The van der Waals surface area contributed by atoms with E-state index in [2.05, 4.69) is 20.4 Å². The number of pyridine rings is 2. The number of benzene rings is 1. The van der Waals surface area contributed by atoms with Gasteiger partial charge in [-0.25, -0.2) is 13.9 Å². The molecule has 5 rings (SSSR count). The Kier molecular flexibility index (Phi) is 5.49. The van der Waals surface area contributed by atoms with Gasteiger partial charge >= 0.3 is 0 Å². The highest BCUT2D eigenvalue weighted by atomic mass is 19.1. The molecule has 0 radical (unpaired) electrons. The molecule has 7 nitrogen and oxygen atoms in total. The molecule has 0 bridgehead atoms. The molecule has 0 spiro atoms. The zero-order chi connectivity index (χ0) is 21.9. The standard InChI is InChI=1S/C24H23FN6O/c25-19-4-1-5-20(14-19)27-21-6-7-22-28-24(29-31(22)16-21)18-8-11-30(12-9-18)23(32)13-17-3-2-10-26-15-17/h1-7,10,14-16,18,27H,8-9,11-13H2. The molecule has 32 heavy (non-hydrogen) atoms. The van der Waals surface area contributed by atoms with Gasteiger partial charge in [0.05, 0.1) is 18.3 Å². The van der Waals surface area contributed by atoms with Gasteiger partial charge in [0.1, 0.15) is 5.82 Å². The molecule has 8 heteroatoms. The van der Waals surface area contributed by atoms with Crippen LogP contribution in [0.3, 0.4) is 0 Å². The van der Waals surface area contributed by atoms with E-state index >= 15 is 0 Å². The third kappa shape index (κ3) is 4.44. The zero-order valence-electron chi connectivity index (χ0n) is 17.5. The minimum absolute atomic E-state index is 0.132. The van der Waals surface area contributed by atoms with Gasteiger partial charge in [-0.2, -0.15) is 5.10 Å². The van der Waals surface area contributed by atoms with Crippen LogP contribution in [0, 0.1) is 5.82 Å². The molecule has 1 N–H and O–H groups in total. The number of aromatic nitrogens is 4. The van der Waals surface area contributed by atoms with Crippen LogP contribution in [-0.2, 0) is 11.2 Å². The fourth-order valence-electron chi connectivity index (χ4n) is 4.06. The Morgan fingerprint density at radius 1 is 1.09 bits per heavy atom. The van der Waals surface area contributed by atoms with E-state index in [1.807, 2.05) is 41.4 Å². The van der Waals surface area contributed by atoms with Crippen LogP contribution in [0.25, 0.3) is 5.65 Å². The molecule has 1 fully saturated rings. The molecular formula is C24H23FN6O. The van der Waals surface area contributed by atoms with Crippen LogP contribution in [0.1, 0.15) is 30.1 Å². The van der Waals surface area contributed by atoms with E-state index in [0.29, 0.717) is 25.2 Å². The fraction of sp³-hybridized carbons (Fsp3) is 0.250. The van der Waals surface area contributed by atoms with Crippen LogP contribution < -0.4 is 5.32 Å². The van der Waals surface area contributed by atoms with Crippen LogP contribution in [0.15, 0.2) is 67.1 Å². The molecule has 0 saturated carbocycles. The lowest BCUT2D eigenvalue weighted by atomic mass is 9.96. The first-order valence-corrected chi connectivity index (χ1v) is 10.7. The van der Waals surface area contributed by atoms with Gasteiger partial charge in [-0.1, -0.05) is 12.1 Å². The number of piperidine rings is 1. The number of carbonyl (C=O) groups is 1. The molecule has 0 aliphatic carbocycles. The number of nitrogens with one attached hydrogen (secondary N) is 1. The topological polar surface area (TPSA) is 75.4 Å². The maximum atomic E-state index is 13.4. The Morgan fingerprint density at radius 3 is 2.75 bits per heavy atom. The van der Waals surface area contributed by atoms with E-state index in [-0.39, 0.29) is 17.6 Å². The minimum Gasteiger partial charge on any atom is -0.354 e. The van der Waals surface area contributed by atoms with Gasteiger partial charge in [-0.05, 0) is 54.8 Å². The van der Waals surface area contributed by atoms with Crippen LogP contribution in [0.5, 0.6) is 0 Å². The van der Waals surface area contributed by atoms with Crippen molar-refractivity contribution in [3.05, 3.63) is 84.3 Å². The maximum absolute atomic E-state index is 13.4. The van der Waals surface area contributed by atoms with Gasteiger partial charge in [0.15, 0.2) is 11.5 Å². The van der Waals surface area contributed by atoms with Crippen LogP contribution in [0.2, 0.25) is 0 Å². The van der Waals surface area contributed by atoms with E-state index in [1.165, 1.54) is 12.1 Å². The van der Waals surface area contributed by atoms with Crippen LogP contribution in [-0.4, -0.2) is 43.5 Å². The van der Waals surface area contributed by atoms with Crippen LogP contribution >= 0.6 is 0 Å². The molecule has 1 aliphatic rings. The van der Waals surface area contributed by atoms with Crippen molar-refractivity contribution in [3.8, 4) is 0 Å². The number of halogens is 1. The molecule has 0 unspecified atom stereocenters. The summed E-state index contributed by atoms with van der Waals surface area (Å²) in [6.45, 7) is 1.40. The van der Waals surface area contributed by atoms with E-state index in [9.17, 15) is 9.18 Å². The summed E-state index contributed by atoms with van der Waals surface area (Å²) in [6, 6.07) is 13.9. The van der Waals surface area contributed by atoms with Crippen molar-refractivity contribution in [1.82, 2.24) is 24.5 Å². The Labute approximate surface area is 184 Å². The molecule has 0 atom stereocenters. The van der Waals surface area contributed by atoms with E-state index in [4.69, 9.17) is 0 Å². The average molecular weight is 430 g/mol. The number of amides is 1. The van der Waals surface area contributed by atoms with Gasteiger partial charge in [0.25, 0.3) is 0 Å². The summed E-state index contributed by atoms with van der Waals surface area (Å²) >= 11 is 0. The number of fused-ring (bicyclic) bond motifs is 1. The number of rotatable bonds is 5. The van der Waals surface area contributed by atoms with Crippen molar-refractivity contribution in [1.29, 1.82) is 0 Å². The lowest BCUT2D eigenvalue weighted by Crippen LogP contribution is -2.39. The number of hydrogen-bond donors (Lipinski definition) is 1. The normalized spacial score (nSPS) is 14.6. The monoisotopic (exact) mass is 430 g/mol. The molecule has 162 valence electrons. The van der Waals surface area contributed by atoms with Gasteiger partial charge in [0, 0.05) is 37.1 Å². The first-order chi connectivity index (χ1) is 15.6. The zero-order valence-corrected chi connectivity index (χ0v) is 17.5. The Bertz CT molecular complexity index is 1230. The predicted molar refractivity (Wildman–Crippen MR) is 119 cm³/mol. The number of likely N-dealkylation sites (tertiary alicyclic amines) is 1. The van der Waals surface area contributed by atoms with Crippen molar-refractivity contribution in [2.24, 2.45) is 0 Å². The highest BCUT2D eigenvalue weighted by Crippen LogP contribution is 2.27. The average Bonchev–Trinajstić information content (AvgIpc) is 3.23. The molecule has 1 saturated heterocycles. The first-order valence-electron chi connectivity index (χ1n) is 10.7. The van der Waals surface area contributed by atoms with Gasteiger partial charge in [-0.3, -0.25) is 9.78 Å². The predicted octanol–water partition coefficient (Wildman–Crippen LogP) is 3.96. The number of anilines is 2. The summed E-state index contributed by atoms with van der Waals surface area (Å²) in [4.78, 5) is 23.3. The minimum atomic E-state index is -0.288. The van der Waals surface area contributed by atoms with Crippen molar-refractivity contribution in [3.63, 3.8) is 0 Å². The third-order valence-corrected chi connectivity index (χ3v) is 5.75. The lowest BCUT2D eigenvalue weighted by molar-refractivity contribution is -0.131. The Hall–Kier alpha value is -3.81. The highest BCUT2D eigenvalue weighted by Gasteiger charge is 2.26. The smallest absolute Gasteiger partial charge is 0.227 e. The molecule has 1 amide bonds. The number of hydrogen-bond acceptors (Lipinski definition) is 5. The van der Waals surface area contributed by atoms with Gasteiger partial charge in [0.2, 0.25) is 5.91 Å².